The molecule has 9 nitrogen and oxygen atoms in total. The van der Waals surface area contributed by atoms with Gasteiger partial charge in [-0.2, -0.15) is 0 Å². The standard InChI is InChI=1S/C26H40O9/c1-13(10-27)15-9-14-5-6-17-25(2,12-29)7-4-8-26(17,3)18(14)20(31)23(15)35-24-22(33)21(32)19(30)16(11-28)34-24/h9,13,16-17,19,21-22,24,27-33H,4-8,10-12H2,1-3H3/t13?,16-,17+,19-,21+,22-,24+,25-,26+/m1/s1. The molecule has 1 aromatic rings. The number of rotatable bonds is 6. The van der Waals surface area contributed by atoms with E-state index >= 15 is 0 Å². The molecule has 0 amide bonds. The van der Waals surface area contributed by atoms with Crippen molar-refractivity contribution in [3.8, 4) is 11.5 Å². The summed E-state index contributed by atoms with van der Waals surface area (Å²) in [6.07, 6.45) is -3.14. The second-order valence-electron chi connectivity index (χ2n) is 11.3. The molecular weight excluding hydrogens is 456 g/mol. The molecule has 198 valence electrons. The summed E-state index contributed by atoms with van der Waals surface area (Å²) in [4.78, 5) is 0. The van der Waals surface area contributed by atoms with E-state index in [1.165, 1.54) is 0 Å². The molecule has 4 rings (SSSR count). The minimum Gasteiger partial charge on any atom is -0.504 e. The highest BCUT2D eigenvalue weighted by Gasteiger charge is 2.53. The number of ether oxygens (including phenoxy) is 2. The molecule has 1 aromatic carbocycles. The number of hydrogen-bond donors (Lipinski definition) is 7. The van der Waals surface area contributed by atoms with Crippen LogP contribution >= 0.6 is 0 Å². The van der Waals surface area contributed by atoms with Gasteiger partial charge in [0.05, 0.1) is 6.61 Å². The fourth-order valence-corrected chi connectivity index (χ4v) is 6.86. The van der Waals surface area contributed by atoms with Crippen molar-refractivity contribution in [2.75, 3.05) is 19.8 Å². The molecule has 0 radical (unpaired) electrons. The maximum Gasteiger partial charge on any atom is 0.229 e. The van der Waals surface area contributed by atoms with Crippen LogP contribution in [0.3, 0.4) is 0 Å². The van der Waals surface area contributed by atoms with Crippen LogP contribution in [0.4, 0.5) is 0 Å². The van der Waals surface area contributed by atoms with Gasteiger partial charge in [-0.3, -0.25) is 0 Å². The van der Waals surface area contributed by atoms with Gasteiger partial charge in [0.15, 0.2) is 11.5 Å². The number of hydrogen-bond acceptors (Lipinski definition) is 9. The lowest BCUT2D eigenvalue weighted by molar-refractivity contribution is -0.277. The van der Waals surface area contributed by atoms with E-state index in [4.69, 9.17) is 9.47 Å². The van der Waals surface area contributed by atoms with Crippen LogP contribution in [0.5, 0.6) is 11.5 Å². The topological polar surface area (TPSA) is 160 Å². The highest BCUT2D eigenvalue weighted by atomic mass is 16.7. The van der Waals surface area contributed by atoms with Crippen molar-refractivity contribution in [1.82, 2.24) is 0 Å². The van der Waals surface area contributed by atoms with Gasteiger partial charge in [0.25, 0.3) is 0 Å². The fourth-order valence-electron chi connectivity index (χ4n) is 6.86. The third kappa shape index (κ3) is 4.25. The fraction of sp³-hybridized carbons (Fsp3) is 0.769. The molecule has 0 spiro atoms. The lowest BCUT2D eigenvalue weighted by Gasteiger charge is -2.55. The lowest BCUT2D eigenvalue weighted by Crippen LogP contribution is -2.60. The van der Waals surface area contributed by atoms with Gasteiger partial charge >= 0.3 is 0 Å². The first-order valence-electron chi connectivity index (χ1n) is 12.6. The highest BCUT2D eigenvalue weighted by Crippen LogP contribution is 2.60. The number of fused-ring (bicyclic) bond motifs is 3. The molecule has 3 aliphatic rings. The van der Waals surface area contributed by atoms with E-state index < -0.39 is 48.6 Å². The largest absolute Gasteiger partial charge is 0.504 e. The third-order valence-corrected chi connectivity index (χ3v) is 8.94. The Morgan fingerprint density at radius 1 is 1.09 bits per heavy atom. The zero-order valence-electron chi connectivity index (χ0n) is 20.7. The zero-order chi connectivity index (χ0) is 25.7. The molecule has 1 unspecified atom stereocenters. The average molecular weight is 497 g/mol. The minimum absolute atomic E-state index is 0.0489. The number of phenols is 1. The second kappa shape index (κ2) is 9.78. The molecule has 2 aliphatic carbocycles. The van der Waals surface area contributed by atoms with E-state index in [9.17, 15) is 35.7 Å². The van der Waals surface area contributed by atoms with Gasteiger partial charge in [0.2, 0.25) is 6.29 Å². The summed E-state index contributed by atoms with van der Waals surface area (Å²) in [5.41, 5.74) is 1.58. The SMILES string of the molecule is CC(CO)c1cc2c(c(O)c1O[C@@H]1O[C@H](CO)[C@@H](O)[C@H](O)[C@H]1O)[C@@]1(C)CCC[C@](C)(CO)[C@@H]1CC2. The summed E-state index contributed by atoms with van der Waals surface area (Å²) in [5.74, 6) is -0.295. The monoisotopic (exact) mass is 496 g/mol. The summed E-state index contributed by atoms with van der Waals surface area (Å²) in [7, 11) is 0. The summed E-state index contributed by atoms with van der Waals surface area (Å²) < 4.78 is 11.6. The van der Waals surface area contributed by atoms with Crippen molar-refractivity contribution >= 4 is 0 Å². The molecule has 9 heteroatoms. The molecule has 1 aliphatic heterocycles. The first-order chi connectivity index (χ1) is 16.5. The number of aromatic hydroxyl groups is 1. The van der Waals surface area contributed by atoms with Crippen molar-refractivity contribution in [2.45, 2.75) is 94.9 Å². The summed E-state index contributed by atoms with van der Waals surface area (Å²) >= 11 is 0. The summed E-state index contributed by atoms with van der Waals surface area (Å²) in [6.45, 7) is 5.28. The van der Waals surface area contributed by atoms with Gasteiger partial charge in [-0.05, 0) is 48.0 Å². The molecule has 35 heavy (non-hydrogen) atoms. The van der Waals surface area contributed by atoms with Crippen LogP contribution in [0, 0.1) is 11.3 Å². The lowest BCUT2D eigenvalue weighted by atomic mass is 9.50. The van der Waals surface area contributed by atoms with Crippen LogP contribution in [0.1, 0.15) is 69.1 Å². The number of aliphatic hydroxyl groups is 6. The van der Waals surface area contributed by atoms with Crippen molar-refractivity contribution in [3.05, 3.63) is 22.8 Å². The Hall–Kier alpha value is -1.46. The molecule has 9 atom stereocenters. The molecule has 0 aromatic heterocycles. The average Bonchev–Trinajstić information content (AvgIpc) is 2.84. The summed E-state index contributed by atoms with van der Waals surface area (Å²) in [5, 5.41) is 72.3. The van der Waals surface area contributed by atoms with E-state index in [0.717, 1.165) is 36.8 Å². The maximum absolute atomic E-state index is 11.7. The Kier molecular flexibility index (Phi) is 7.43. The number of aryl methyl sites for hydroxylation is 1. The van der Waals surface area contributed by atoms with Crippen LogP contribution in [0.2, 0.25) is 0 Å². The van der Waals surface area contributed by atoms with Gasteiger partial charge in [0, 0.05) is 30.3 Å². The third-order valence-electron chi connectivity index (χ3n) is 8.94. The quantitative estimate of drug-likeness (QED) is 0.300. The van der Waals surface area contributed by atoms with Gasteiger partial charge < -0.3 is 45.2 Å². The first-order valence-corrected chi connectivity index (χ1v) is 12.6. The Balaban J connectivity index is 1.81. The van der Waals surface area contributed by atoms with Gasteiger partial charge in [0.1, 0.15) is 24.4 Å². The highest BCUT2D eigenvalue weighted by molar-refractivity contribution is 5.60. The van der Waals surface area contributed by atoms with Crippen molar-refractivity contribution in [2.24, 2.45) is 11.3 Å². The smallest absolute Gasteiger partial charge is 0.229 e. The molecule has 7 N–H and O–H groups in total. The van der Waals surface area contributed by atoms with Crippen LogP contribution in [-0.4, -0.2) is 86.3 Å². The van der Waals surface area contributed by atoms with Crippen molar-refractivity contribution in [1.29, 1.82) is 0 Å². The van der Waals surface area contributed by atoms with Gasteiger partial charge in [-0.15, -0.1) is 0 Å². The number of phenolic OH excluding ortho intramolecular Hbond substituents is 1. The van der Waals surface area contributed by atoms with E-state index in [-0.39, 0.29) is 36.0 Å². The van der Waals surface area contributed by atoms with E-state index in [2.05, 4.69) is 13.8 Å². The molecule has 1 saturated carbocycles. The van der Waals surface area contributed by atoms with Gasteiger partial charge in [-0.25, -0.2) is 0 Å². The summed E-state index contributed by atoms with van der Waals surface area (Å²) in [6, 6.07) is 1.93. The van der Waals surface area contributed by atoms with Crippen LogP contribution in [-0.2, 0) is 16.6 Å². The normalized spacial score (nSPS) is 40.0. The molecule has 1 heterocycles. The van der Waals surface area contributed by atoms with Crippen molar-refractivity contribution < 1.29 is 45.2 Å². The Labute approximate surface area is 205 Å². The number of benzene rings is 1. The second-order valence-corrected chi connectivity index (χ2v) is 11.3. The Morgan fingerprint density at radius 3 is 2.43 bits per heavy atom. The predicted molar refractivity (Wildman–Crippen MR) is 126 cm³/mol. The Morgan fingerprint density at radius 2 is 1.80 bits per heavy atom. The number of aliphatic hydroxyl groups excluding tert-OH is 6. The Bertz CT molecular complexity index is 921. The molecule has 0 bridgehead atoms. The van der Waals surface area contributed by atoms with E-state index in [1.807, 2.05) is 6.07 Å². The zero-order valence-corrected chi connectivity index (χ0v) is 20.7. The predicted octanol–water partition coefficient (Wildman–Crippen LogP) is 0.669. The molecule has 1 saturated heterocycles. The molecular formula is C26H40O9. The van der Waals surface area contributed by atoms with Crippen LogP contribution in [0.25, 0.3) is 0 Å². The van der Waals surface area contributed by atoms with Crippen LogP contribution in [0.15, 0.2) is 6.07 Å². The minimum atomic E-state index is -1.63. The first kappa shape index (κ1) is 26.6. The van der Waals surface area contributed by atoms with Gasteiger partial charge in [-0.1, -0.05) is 33.3 Å². The van der Waals surface area contributed by atoms with Crippen molar-refractivity contribution in [3.63, 3.8) is 0 Å². The van der Waals surface area contributed by atoms with E-state index in [1.54, 1.807) is 6.92 Å². The van der Waals surface area contributed by atoms with E-state index in [0.29, 0.717) is 12.0 Å². The maximum atomic E-state index is 11.7. The molecule has 2 fully saturated rings. The van der Waals surface area contributed by atoms with Crippen LogP contribution < -0.4 is 4.74 Å².